The zero-order valence-corrected chi connectivity index (χ0v) is 16.1. The highest BCUT2D eigenvalue weighted by molar-refractivity contribution is 5.83. The first-order valence-electron chi connectivity index (χ1n) is 9.91. The number of nitrogens with zero attached hydrogens (tertiary/aromatic N) is 2. The summed E-state index contributed by atoms with van der Waals surface area (Å²) in [6, 6.07) is 19.8. The van der Waals surface area contributed by atoms with Crippen LogP contribution in [0.15, 0.2) is 60.8 Å². The Morgan fingerprint density at radius 1 is 1.04 bits per heavy atom. The SMILES string of the molecule is CN(CCC(c1c[nH]c2ccccc12)N1CCOCC1)Cc1ccccc1. The van der Waals surface area contributed by atoms with Gasteiger partial charge in [-0.15, -0.1) is 0 Å². The van der Waals surface area contributed by atoms with E-state index in [1.807, 2.05) is 0 Å². The van der Waals surface area contributed by atoms with Gasteiger partial charge in [0.25, 0.3) is 0 Å². The maximum Gasteiger partial charge on any atom is 0.0594 e. The third-order valence-electron chi connectivity index (χ3n) is 5.55. The lowest BCUT2D eigenvalue weighted by Crippen LogP contribution is -2.40. The van der Waals surface area contributed by atoms with Crippen LogP contribution < -0.4 is 0 Å². The molecule has 4 nitrogen and oxygen atoms in total. The smallest absolute Gasteiger partial charge is 0.0594 e. The summed E-state index contributed by atoms with van der Waals surface area (Å²) < 4.78 is 5.60. The van der Waals surface area contributed by atoms with Gasteiger partial charge in [-0.05, 0) is 37.2 Å². The zero-order valence-electron chi connectivity index (χ0n) is 16.1. The van der Waals surface area contributed by atoms with Crippen LogP contribution >= 0.6 is 0 Å². The Bertz CT molecular complexity index is 839. The van der Waals surface area contributed by atoms with Gasteiger partial charge >= 0.3 is 0 Å². The third kappa shape index (κ3) is 4.41. The molecule has 0 bridgehead atoms. The van der Waals surface area contributed by atoms with E-state index in [2.05, 4.69) is 82.6 Å². The monoisotopic (exact) mass is 363 g/mol. The minimum Gasteiger partial charge on any atom is -0.379 e. The number of aromatic nitrogens is 1. The highest BCUT2D eigenvalue weighted by Crippen LogP contribution is 2.31. The molecule has 2 heterocycles. The lowest BCUT2D eigenvalue weighted by Gasteiger charge is -2.35. The second-order valence-electron chi connectivity index (χ2n) is 7.47. The van der Waals surface area contributed by atoms with Crippen LogP contribution in [0.25, 0.3) is 10.9 Å². The molecule has 1 atom stereocenters. The molecule has 0 saturated carbocycles. The fourth-order valence-corrected chi connectivity index (χ4v) is 4.11. The molecule has 1 aliphatic heterocycles. The van der Waals surface area contributed by atoms with Gasteiger partial charge in [0.1, 0.15) is 0 Å². The quantitative estimate of drug-likeness (QED) is 0.687. The van der Waals surface area contributed by atoms with Crippen molar-refractivity contribution >= 4 is 10.9 Å². The Morgan fingerprint density at radius 2 is 1.78 bits per heavy atom. The van der Waals surface area contributed by atoms with Crippen LogP contribution in [0.5, 0.6) is 0 Å². The number of rotatable bonds is 7. The number of morpholine rings is 1. The molecule has 1 saturated heterocycles. The van der Waals surface area contributed by atoms with Crippen molar-refractivity contribution in [1.29, 1.82) is 0 Å². The van der Waals surface area contributed by atoms with E-state index in [1.54, 1.807) is 0 Å². The van der Waals surface area contributed by atoms with Crippen molar-refractivity contribution in [2.45, 2.75) is 19.0 Å². The summed E-state index contributed by atoms with van der Waals surface area (Å²) in [5.41, 5.74) is 4.01. The molecule has 0 amide bonds. The second-order valence-corrected chi connectivity index (χ2v) is 7.47. The number of para-hydroxylation sites is 1. The molecule has 1 aromatic heterocycles. The molecule has 3 aromatic rings. The predicted molar refractivity (Wildman–Crippen MR) is 111 cm³/mol. The summed E-state index contributed by atoms with van der Waals surface area (Å²) in [5, 5.41) is 1.35. The fourth-order valence-electron chi connectivity index (χ4n) is 4.11. The average molecular weight is 364 g/mol. The van der Waals surface area contributed by atoms with E-state index < -0.39 is 0 Å². The maximum atomic E-state index is 5.60. The predicted octanol–water partition coefficient (Wildman–Crippen LogP) is 4.06. The van der Waals surface area contributed by atoms with Crippen LogP contribution in [0.3, 0.4) is 0 Å². The van der Waals surface area contributed by atoms with Crippen molar-refractivity contribution in [3.8, 4) is 0 Å². The van der Waals surface area contributed by atoms with E-state index in [0.717, 1.165) is 45.8 Å². The number of aromatic amines is 1. The number of H-pyrrole nitrogens is 1. The van der Waals surface area contributed by atoms with E-state index in [-0.39, 0.29) is 0 Å². The van der Waals surface area contributed by atoms with Crippen LogP contribution in [-0.2, 0) is 11.3 Å². The first-order chi connectivity index (χ1) is 13.3. The van der Waals surface area contributed by atoms with Crippen molar-refractivity contribution in [2.75, 3.05) is 39.9 Å². The van der Waals surface area contributed by atoms with Gasteiger partial charge in [-0.3, -0.25) is 4.90 Å². The highest BCUT2D eigenvalue weighted by Gasteiger charge is 2.25. The molecular formula is C23H29N3O. The lowest BCUT2D eigenvalue weighted by atomic mass is 10.00. The maximum absolute atomic E-state index is 5.60. The summed E-state index contributed by atoms with van der Waals surface area (Å²) in [7, 11) is 2.22. The van der Waals surface area contributed by atoms with Crippen molar-refractivity contribution in [2.24, 2.45) is 0 Å². The van der Waals surface area contributed by atoms with Gasteiger partial charge < -0.3 is 14.6 Å². The molecule has 2 aromatic carbocycles. The number of fused-ring (bicyclic) bond motifs is 1. The molecule has 4 heteroatoms. The second kappa shape index (κ2) is 8.70. The Morgan fingerprint density at radius 3 is 2.59 bits per heavy atom. The summed E-state index contributed by atoms with van der Waals surface area (Å²) in [4.78, 5) is 8.48. The van der Waals surface area contributed by atoms with E-state index in [4.69, 9.17) is 4.74 Å². The Balaban J connectivity index is 1.50. The van der Waals surface area contributed by atoms with Crippen LogP contribution in [0.1, 0.15) is 23.6 Å². The molecule has 4 rings (SSSR count). The van der Waals surface area contributed by atoms with Crippen molar-refractivity contribution in [3.05, 3.63) is 71.9 Å². The topological polar surface area (TPSA) is 31.5 Å². The minimum absolute atomic E-state index is 0.420. The van der Waals surface area contributed by atoms with E-state index in [1.165, 1.54) is 22.0 Å². The Labute approximate surface area is 161 Å². The Hall–Kier alpha value is -2.14. The van der Waals surface area contributed by atoms with Crippen molar-refractivity contribution in [3.63, 3.8) is 0 Å². The molecule has 0 spiro atoms. The Kier molecular flexibility index (Phi) is 5.87. The van der Waals surface area contributed by atoms with Crippen molar-refractivity contribution < 1.29 is 4.74 Å². The van der Waals surface area contributed by atoms with E-state index >= 15 is 0 Å². The first-order valence-corrected chi connectivity index (χ1v) is 9.91. The van der Waals surface area contributed by atoms with Gasteiger partial charge in [-0.25, -0.2) is 0 Å². The van der Waals surface area contributed by atoms with Crippen molar-refractivity contribution in [1.82, 2.24) is 14.8 Å². The molecule has 27 heavy (non-hydrogen) atoms. The van der Waals surface area contributed by atoms with Gasteiger partial charge in [0.2, 0.25) is 0 Å². The van der Waals surface area contributed by atoms with Gasteiger partial charge in [0, 0.05) is 42.8 Å². The van der Waals surface area contributed by atoms with Gasteiger partial charge in [-0.2, -0.15) is 0 Å². The molecule has 1 N–H and O–H groups in total. The molecule has 0 radical (unpaired) electrons. The molecule has 1 fully saturated rings. The standard InChI is InChI=1S/C23H29N3O/c1-25(18-19-7-3-2-4-8-19)12-11-23(26-13-15-27-16-14-26)21-17-24-22-10-6-5-9-20(21)22/h2-10,17,23-24H,11-16,18H2,1H3. The molecule has 0 aliphatic carbocycles. The zero-order chi connectivity index (χ0) is 18.5. The molecular weight excluding hydrogens is 334 g/mol. The minimum atomic E-state index is 0.420. The van der Waals surface area contributed by atoms with Gasteiger partial charge in [0.15, 0.2) is 0 Å². The number of benzene rings is 2. The fraction of sp³-hybridized carbons (Fsp3) is 0.391. The molecule has 1 unspecified atom stereocenters. The summed E-state index contributed by atoms with van der Waals surface area (Å²) in [6.07, 6.45) is 3.33. The van der Waals surface area contributed by atoms with Gasteiger partial charge in [-0.1, -0.05) is 48.5 Å². The highest BCUT2D eigenvalue weighted by atomic mass is 16.5. The first kappa shape index (κ1) is 18.2. The molecule has 142 valence electrons. The number of hydrogen-bond donors (Lipinski definition) is 1. The average Bonchev–Trinajstić information content (AvgIpc) is 3.14. The summed E-state index contributed by atoms with van der Waals surface area (Å²) in [6.45, 7) is 5.73. The number of hydrogen-bond acceptors (Lipinski definition) is 3. The molecule has 1 aliphatic rings. The number of ether oxygens (including phenoxy) is 1. The van der Waals surface area contributed by atoms with E-state index in [0.29, 0.717) is 6.04 Å². The van der Waals surface area contributed by atoms with Crippen LogP contribution in [0, 0.1) is 0 Å². The normalized spacial score (nSPS) is 16.8. The van der Waals surface area contributed by atoms with E-state index in [9.17, 15) is 0 Å². The van der Waals surface area contributed by atoms with Crippen LogP contribution in [0.4, 0.5) is 0 Å². The summed E-state index contributed by atoms with van der Waals surface area (Å²) in [5.74, 6) is 0. The lowest BCUT2D eigenvalue weighted by molar-refractivity contribution is 0.0127. The summed E-state index contributed by atoms with van der Waals surface area (Å²) >= 11 is 0. The number of nitrogens with one attached hydrogen (secondary N) is 1. The van der Waals surface area contributed by atoms with Gasteiger partial charge in [0.05, 0.1) is 13.2 Å². The van der Waals surface area contributed by atoms with Crippen LogP contribution in [0.2, 0.25) is 0 Å². The third-order valence-corrected chi connectivity index (χ3v) is 5.55. The van der Waals surface area contributed by atoms with Crippen LogP contribution in [-0.4, -0.2) is 54.7 Å². The largest absolute Gasteiger partial charge is 0.379 e.